The van der Waals surface area contributed by atoms with Gasteiger partial charge in [-0.3, -0.25) is 14.4 Å². The van der Waals surface area contributed by atoms with Gasteiger partial charge in [-0.05, 0) is 37.1 Å². The van der Waals surface area contributed by atoms with Crippen LogP contribution in [0, 0.1) is 5.92 Å². The highest BCUT2D eigenvalue weighted by atomic mass is 16.5. The lowest BCUT2D eigenvalue weighted by atomic mass is 9.97. The van der Waals surface area contributed by atoms with Crippen LogP contribution in [-0.4, -0.2) is 42.9 Å². The van der Waals surface area contributed by atoms with Gasteiger partial charge in [0.15, 0.2) is 0 Å². The molecule has 0 bridgehead atoms. The first-order valence-corrected chi connectivity index (χ1v) is 6.80. The Bertz CT molecular complexity index is 553. The van der Waals surface area contributed by atoms with Crippen molar-refractivity contribution in [3.63, 3.8) is 0 Å². The van der Waals surface area contributed by atoms with Crippen LogP contribution in [0.5, 0.6) is 0 Å². The van der Waals surface area contributed by atoms with Crippen LogP contribution in [0.4, 0.5) is 0 Å². The Balaban J connectivity index is 2.08. The smallest absolute Gasteiger partial charge is 0.310 e. The van der Waals surface area contributed by atoms with Crippen molar-refractivity contribution >= 4 is 17.8 Å². The van der Waals surface area contributed by atoms with E-state index in [0.29, 0.717) is 24.2 Å². The molecule has 2 rings (SSSR count). The highest BCUT2D eigenvalue weighted by Crippen LogP contribution is 2.20. The van der Waals surface area contributed by atoms with E-state index >= 15 is 0 Å². The molecule has 21 heavy (non-hydrogen) atoms. The number of piperidine rings is 1. The fourth-order valence-corrected chi connectivity index (χ4v) is 2.48. The number of hydrogen-bond acceptors (Lipinski definition) is 4. The highest BCUT2D eigenvalue weighted by molar-refractivity contribution is 5.97. The number of primary amides is 1. The summed E-state index contributed by atoms with van der Waals surface area (Å²) in [5.74, 6) is -1.23. The maximum Gasteiger partial charge on any atom is 0.310 e. The van der Waals surface area contributed by atoms with Crippen LogP contribution in [0.15, 0.2) is 24.3 Å². The molecule has 1 aliphatic heterocycles. The van der Waals surface area contributed by atoms with Crippen molar-refractivity contribution in [2.24, 2.45) is 11.7 Å². The van der Waals surface area contributed by atoms with Gasteiger partial charge in [-0.1, -0.05) is 0 Å². The average molecular weight is 290 g/mol. The van der Waals surface area contributed by atoms with E-state index in [1.165, 1.54) is 19.2 Å². The second-order valence-corrected chi connectivity index (χ2v) is 5.06. The summed E-state index contributed by atoms with van der Waals surface area (Å²) in [6, 6.07) is 6.20. The van der Waals surface area contributed by atoms with Crippen LogP contribution in [-0.2, 0) is 9.53 Å². The number of nitrogens with two attached hydrogens (primary N) is 1. The van der Waals surface area contributed by atoms with E-state index in [2.05, 4.69) is 0 Å². The lowest BCUT2D eigenvalue weighted by Crippen LogP contribution is -2.42. The van der Waals surface area contributed by atoms with Gasteiger partial charge in [-0.25, -0.2) is 0 Å². The molecule has 0 aromatic heterocycles. The molecule has 1 heterocycles. The van der Waals surface area contributed by atoms with Gasteiger partial charge in [0.1, 0.15) is 0 Å². The predicted octanol–water partition coefficient (Wildman–Crippen LogP) is 0.811. The summed E-state index contributed by atoms with van der Waals surface area (Å²) in [7, 11) is 1.35. The number of benzene rings is 1. The quantitative estimate of drug-likeness (QED) is 0.834. The molecule has 1 aromatic rings. The molecule has 1 atom stereocenters. The fraction of sp³-hybridized carbons (Fsp3) is 0.400. The molecule has 2 amide bonds. The number of carbonyl (C=O) groups excluding carboxylic acids is 3. The first kappa shape index (κ1) is 15.0. The van der Waals surface area contributed by atoms with Crippen molar-refractivity contribution in [2.75, 3.05) is 20.2 Å². The minimum atomic E-state index is -0.530. The number of methoxy groups -OCH3 is 1. The van der Waals surface area contributed by atoms with Crippen LogP contribution in [0.25, 0.3) is 0 Å². The van der Waals surface area contributed by atoms with Crippen LogP contribution in [0.2, 0.25) is 0 Å². The lowest BCUT2D eigenvalue weighted by molar-refractivity contribution is -0.146. The molecule has 1 aliphatic rings. The molecule has 1 fully saturated rings. The summed E-state index contributed by atoms with van der Waals surface area (Å²) in [5, 5.41) is 0. The average Bonchev–Trinajstić information content (AvgIpc) is 2.53. The number of likely N-dealkylation sites (tertiary alicyclic amines) is 1. The third-order valence-electron chi connectivity index (χ3n) is 3.66. The summed E-state index contributed by atoms with van der Waals surface area (Å²) in [6.45, 7) is 0.979. The normalized spacial score (nSPS) is 18.1. The van der Waals surface area contributed by atoms with E-state index in [4.69, 9.17) is 10.5 Å². The largest absolute Gasteiger partial charge is 0.469 e. The van der Waals surface area contributed by atoms with E-state index < -0.39 is 5.91 Å². The van der Waals surface area contributed by atoms with Crippen LogP contribution >= 0.6 is 0 Å². The van der Waals surface area contributed by atoms with Gasteiger partial charge in [0.05, 0.1) is 13.0 Å². The summed E-state index contributed by atoms with van der Waals surface area (Å²) in [4.78, 5) is 36.6. The van der Waals surface area contributed by atoms with E-state index in [0.717, 1.165) is 12.8 Å². The summed E-state index contributed by atoms with van der Waals surface area (Å²) in [6.07, 6.45) is 1.50. The number of hydrogen-bond donors (Lipinski definition) is 1. The number of nitrogens with zero attached hydrogens (tertiary/aromatic N) is 1. The van der Waals surface area contributed by atoms with Gasteiger partial charge in [0, 0.05) is 24.2 Å². The molecule has 6 nitrogen and oxygen atoms in total. The van der Waals surface area contributed by atoms with Crippen molar-refractivity contribution in [1.29, 1.82) is 0 Å². The van der Waals surface area contributed by atoms with E-state index in [1.54, 1.807) is 17.0 Å². The van der Waals surface area contributed by atoms with Crippen molar-refractivity contribution in [2.45, 2.75) is 12.8 Å². The third-order valence-corrected chi connectivity index (χ3v) is 3.66. The molecule has 0 aliphatic carbocycles. The zero-order valence-electron chi connectivity index (χ0n) is 11.9. The second-order valence-electron chi connectivity index (χ2n) is 5.06. The standard InChI is InChI=1S/C15H18N2O4/c1-21-15(20)12-3-2-8-17(9-12)14(19)11-6-4-10(5-7-11)13(16)18/h4-7,12H,2-3,8-9H2,1H3,(H2,16,18)/t12-/m0/s1. The molecule has 0 saturated carbocycles. The molecule has 2 N–H and O–H groups in total. The zero-order valence-corrected chi connectivity index (χ0v) is 11.9. The fourth-order valence-electron chi connectivity index (χ4n) is 2.48. The minimum absolute atomic E-state index is 0.153. The third kappa shape index (κ3) is 3.39. The zero-order chi connectivity index (χ0) is 15.4. The Kier molecular flexibility index (Phi) is 4.57. The topological polar surface area (TPSA) is 89.7 Å². The second kappa shape index (κ2) is 6.39. The Morgan fingerprint density at radius 2 is 1.81 bits per heavy atom. The monoisotopic (exact) mass is 290 g/mol. The van der Waals surface area contributed by atoms with Crippen molar-refractivity contribution in [3.05, 3.63) is 35.4 Å². The maximum atomic E-state index is 12.4. The van der Waals surface area contributed by atoms with E-state index in [-0.39, 0.29) is 17.8 Å². The van der Waals surface area contributed by atoms with Gasteiger partial charge >= 0.3 is 5.97 Å². The summed E-state index contributed by atoms with van der Waals surface area (Å²) < 4.78 is 4.74. The van der Waals surface area contributed by atoms with Crippen LogP contribution in [0.3, 0.4) is 0 Å². The molecule has 0 radical (unpaired) electrons. The van der Waals surface area contributed by atoms with Gasteiger partial charge in [0.2, 0.25) is 5.91 Å². The van der Waals surface area contributed by atoms with Gasteiger partial charge in [-0.2, -0.15) is 0 Å². The summed E-state index contributed by atoms with van der Waals surface area (Å²) in [5.41, 5.74) is 6.00. The molecule has 0 spiro atoms. The molecule has 1 saturated heterocycles. The minimum Gasteiger partial charge on any atom is -0.469 e. The van der Waals surface area contributed by atoms with Crippen molar-refractivity contribution < 1.29 is 19.1 Å². The highest BCUT2D eigenvalue weighted by Gasteiger charge is 2.29. The SMILES string of the molecule is COC(=O)[C@H]1CCCN(C(=O)c2ccc(C(N)=O)cc2)C1. The Morgan fingerprint density at radius 3 is 2.38 bits per heavy atom. The number of amides is 2. The molecular weight excluding hydrogens is 272 g/mol. The first-order chi connectivity index (χ1) is 10.0. The lowest BCUT2D eigenvalue weighted by Gasteiger charge is -2.31. The van der Waals surface area contributed by atoms with Crippen molar-refractivity contribution in [3.8, 4) is 0 Å². The Labute approximate surface area is 122 Å². The van der Waals surface area contributed by atoms with Gasteiger partial charge in [-0.15, -0.1) is 0 Å². The molecule has 0 unspecified atom stereocenters. The molecule has 112 valence electrons. The molecule has 1 aromatic carbocycles. The van der Waals surface area contributed by atoms with Gasteiger partial charge < -0.3 is 15.4 Å². The number of rotatable bonds is 3. The molecular formula is C15H18N2O4. The number of ether oxygens (including phenoxy) is 1. The summed E-state index contributed by atoms with van der Waals surface area (Å²) >= 11 is 0. The molecule has 6 heteroatoms. The Morgan fingerprint density at radius 1 is 1.19 bits per heavy atom. The van der Waals surface area contributed by atoms with Crippen molar-refractivity contribution in [1.82, 2.24) is 4.90 Å². The predicted molar refractivity (Wildman–Crippen MR) is 75.6 cm³/mol. The Hall–Kier alpha value is -2.37. The van der Waals surface area contributed by atoms with Crippen LogP contribution in [0.1, 0.15) is 33.6 Å². The van der Waals surface area contributed by atoms with Gasteiger partial charge in [0.25, 0.3) is 5.91 Å². The van der Waals surface area contributed by atoms with E-state index in [9.17, 15) is 14.4 Å². The first-order valence-electron chi connectivity index (χ1n) is 6.80. The van der Waals surface area contributed by atoms with Crippen LogP contribution < -0.4 is 5.73 Å². The maximum absolute atomic E-state index is 12.4. The number of esters is 1. The number of carbonyl (C=O) groups is 3. The van der Waals surface area contributed by atoms with E-state index in [1.807, 2.05) is 0 Å².